The normalized spacial score (nSPS) is 13.2. The summed E-state index contributed by atoms with van der Waals surface area (Å²) < 4.78 is 4.89. The van der Waals surface area contributed by atoms with E-state index in [4.69, 9.17) is 4.74 Å². The Hall–Kier alpha value is -2.42. The molecule has 0 aliphatic rings. The van der Waals surface area contributed by atoms with E-state index in [1.165, 1.54) is 7.11 Å². The van der Waals surface area contributed by atoms with Crippen molar-refractivity contribution in [1.29, 1.82) is 0 Å². The van der Waals surface area contributed by atoms with Crippen LogP contribution < -0.4 is 0 Å². The fourth-order valence-electron chi connectivity index (χ4n) is 2.40. The first kappa shape index (κ1) is 15.0. The molecule has 1 atom stereocenters. The van der Waals surface area contributed by atoms with Crippen LogP contribution >= 0.6 is 0 Å². The van der Waals surface area contributed by atoms with E-state index in [1.807, 2.05) is 49.4 Å². The molecule has 0 saturated heterocycles. The van der Waals surface area contributed by atoms with Crippen molar-refractivity contribution in [3.05, 3.63) is 71.3 Å². The molecule has 2 aromatic carbocycles. The van der Waals surface area contributed by atoms with E-state index in [2.05, 4.69) is 0 Å². The number of benzene rings is 2. The second kappa shape index (κ2) is 6.35. The van der Waals surface area contributed by atoms with Crippen LogP contribution in [0.1, 0.15) is 16.7 Å². The molecule has 21 heavy (non-hydrogen) atoms. The fraction of sp³-hybridized carbons (Fsp3) is 0.222. The van der Waals surface area contributed by atoms with Crippen molar-refractivity contribution in [1.82, 2.24) is 0 Å². The molecule has 3 nitrogen and oxygen atoms in total. The zero-order valence-corrected chi connectivity index (χ0v) is 12.2. The van der Waals surface area contributed by atoms with Crippen molar-refractivity contribution in [2.75, 3.05) is 7.11 Å². The molecule has 0 unspecified atom stereocenters. The third-order valence-corrected chi connectivity index (χ3v) is 3.64. The monoisotopic (exact) mass is 282 g/mol. The summed E-state index contributed by atoms with van der Waals surface area (Å²) in [5, 5.41) is 0. The van der Waals surface area contributed by atoms with Gasteiger partial charge < -0.3 is 9.53 Å². The standard InChI is InChI=1S/C18H18O3/c1-14-8-10-15(11-9-14)12-18(13-19,17(20)21-2)16-6-4-3-5-7-16/h3-11,13H,12H2,1-2H3/t18-/m0/s1. The molecule has 0 aromatic heterocycles. The summed E-state index contributed by atoms with van der Waals surface area (Å²) in [5.41, 5.74) is 1.40. The topological polar surface area (TPSA) is 43.4 Å². The Morgan fingerprint density at radius 1 is 1.10 bits per heavy atom. The second-order valence-corrected chi connectivity index (χ2v) is 5.11. The zero-order valence-electron chi connectivity index (χ0n) is 12.2. The minimum absolute atomic E-state index is 0.285. The Morgan fingerprint density at radius 3 is 2.24 bits per heavy atom. The third kappa shape index (κ3) is 3.02. The van der Waals surface area contributed by atoms with Crippen LogP contribution in [0.15, 0.2) is 54.6 Å². The molecule has 0 saturated carbocycles. The maximum Gasteiger partial charge on any atom is 0.323 e. The summed E-state index contributed by atoms with van der Waals surface area (Å²) in [6.45, 7) is 1.99. The molecule has 0 fully saturated rings. The predicted molar refractivity (Wildman–Crippen MR) is 81.1 cm³/mol. The molecule has 0 bridgehead atoms. The molecule has 0 aliphatic heterocycles. The average molecular weight is 282 g/mol. The lowest BCUT2D eigenvalue weighted by molar-refractivity contribution is -0.149. The molecular weight excluding hydrogens is 264 g/mol. The third-order valence-electron chi connectivity index (χ3n) is 3.64. The maximum atomic E-state index is 12.3. The van der Waals surface area contributed by atoms with Crippen LogP contribution in [0.5, 0.6) is 0 Å². The lowest BCUT2D eigenvalue weighted by Gasteiger charge is -2.25. The predicted octanol–water partition coefficient (Wildman–Crippen LogP) is 2.85. The van der Waals surface area contributed by atoms with Crippen molar-refractivity contribution in [2.24, 2.45) is 0 Å². The van der Waals surface area contributed by atoms with Crippen LogP contribution in [0.25, 0.3) is 0 Å². The Kier molecular flexibility index (Phi) is 4.53. The SMILES string of the molecule is COC(=O)[C@](C=O)(Cc1ccc(C)cc1)c1ccccc1. The quantitative estimate of drug-likeness (QED) is 0.481. The van der Waals surface area contributed by atoms with Gasteiger partial charge in [0.2, 0.25) is 0 Å². The van der Waals surface area contributed by atoms with E-state index in [9.17, 15) is 9.59 Å². The van der Waals surface area contributed by atoms with Crippen molar-refractivity contribution in [2.45, 2.75) is 18.8 Å². The molecular formula is C18H18O3. The molecule has 0 N–H and O–H groups in total. The van der Waals surface area contributed by atoms with Crippen LogP contribution in [-0.4, -0.2) is 19.4 Å². The number of carbonyl (C=O) groups excluding carboxylic acids is 2. The van der Waals surface area contributed by atoms with Gasteiger partial charge in [-0.05, 0) is 24.5 Å². The summed E-state index contributed by atoms with van der Waals surface area (Å²) in [4.78, 5) is 24.1. The highest BCUT2D eigenvalue weighted by Gasteiger charge is 2.41. The number of aryl methyl sites for hydroxylation is 1. The van der Waals surface area contributed by atoms with Crippen molar-refractivity contribution < 1.29 is 14.3 Å². The number of aldehydes is 1. The fourth-order valence-corrected chi connectivity index (χ4v) is 2.40. The van der Waals surface area contributed by atoms with Crippen LogP contribution in [0, 0.1) is 6.92 Å². The lowest BCUT2D eigenvalue weighted by atomic mass is 9.76. The van der Waals surface area contributed by atoms with E-state index in [-0.39, 0.29) is 6.42 Å². The molecule has 0 amide bonds. The van der Waals surface area contributed by atoms with Gasteiger partial charge in [-0.2, -0.15) is 0 Å². The van der Waals surface area contributed by atoms with E-state index in [0.29, 0.717) is 11.8 Å². The maximum absolute atomic E-state index is 12.3. The van der Waals surface area contributed by atoms with Gasteiger partial charge in [0.1, 0.15) is 6.29 Å². The number of rotatable bonds is 5. The van der Waals surface area contributed by atoms with Crippen LogP contribution in [0.2, 0.25) is 0 Å². The number of methoxy groups -OCH3 is 1. The van der Waals surface area contributed by atoms with Gasteiger partial charge in [-0.3, -0.25) is 4.79 Å². The van der Waals surface area contributed by atoms with Gasteiger partial charge in [-0.1, -0.05) is 60.2 Å². The summed E-state index contributed by atoms with van der Waals surface area (Å²) in [6.07, 6.45) is 0.974. The number of hydrogen-bond acceptors (Lipinski definition) is 3. The highest BCUT2D eigenvalue weighted by Crippen LogP contribution is 2.28. The first-order chi connectivity index (χ1) is 10.1. The summed E-state index contributed by atoms with van der Waals surface area (Å²) in [6, 6.07) is 16.8. The van der Waals surface area contributed by atoms with E-state index in [0.717, 1.165) is 11.1 Å². The van der Waals surface area contributed by atoms with Gasteiger partial charge in [-0.15, -0.1) is 0 Å². The summed E-state index contributed by atoms with van der Waals surface area (Å²) >= 11 is 0. The number of ether oxygens (including phenoxy) is 1. The van der Waals surface area contributed by atoms with E-state index < -0.39 is 11.4 Å². The summed E-state index contributed by atoms with van der Waals surface area (Å²) in [5.74, 6) is -0.538. The number of esters is 1. The molecule has 108 valence electrons. The van der Waals surface area contributed by atoms with Gasteiger partial charge in [0, 0.05) is 0 Å². The van der Waals surface area contributed by atoms with Gasteiger partial charge in [-0.25, -0.2) is 0 Å². The number of hydrogen-bond donors (Lipinski definition) is 0. The molecule has 0 radical (unpaired) electrons. The number of carbonyl (C=O) groups is 2. The minimum atomic E-state index is -1.30. The summed E-state index contributed by atoms with van der Waals surface area (Å²) in [7, 11) is 1.30. The van der Waals surface area contributed by atoms with Crippen molar-refractivity contribution in [3.63, 3.8) is 0 Å². The second-order valence-electron chi connectivity index (χ2n) is 5.11. The van der Waals surface area contributed by atoms with Gasteiger partial charge in [0.05, 0.1) is 7.11 Å². The molecule has 0 heterocycles. The Morgan fingerprint density at radius 2 is 1.71 bits per heavy atom. The molecule has 2 rings (SSSR count). The molecule has 3 heteroatoms. The highest BCUT2D eigenvalue weighted by molar-refractivity contribution is 6.00. The van der Waals surface area contributed by atoms with Crippen LogP contribution in [0.3, 0.4) is 0 Å². The Balaban J connectivity index is 2.47. The van der Waals surface area contributed by atoms with E-state index in [1.54, 1.807) is 12.1 Å². The molecule has 2 aromatic rings. The highest BCUT2D eigenvalue weighted by atomic mass is 16.5. The van der Waals surface area contributed by atoms with Gasteiger partial charge >= 0.3 is 5.97 Å². The van der Waals surface area contributed by atoms with E-state index >= 15 is 0 Å². The Labute approximate surface area is 124 Å². The lowest BCUT2D eigenvalue weighted by Crippen LogP contribution is -2.40. The smallest absolute Gasteiger partial charge is 0.323 e. The molecule has 0 aliphatic carbocycles. The van der Waals surface area contributed by atoms with Crippen LogP contribution in [-0.2, 0) is 26.2 Å². The van der Waals surface area contributed by atoms with Gasteiger partial charge in [0.25, 0.3) is 0 Å². The minimum Gasteiger partial charge on any atom is -0.468 e. The largest absolute Gasteiger partial charge is 0.468 e. The first-order valence-electron chi connectivity index (χ1n) is 6.78. The average Bonchev–Trinajstić information content (AvgIpc) is 2.54. The van der Waals surface area contributed by atoms with Crippen LogP contribution in [0.4, 0.5) is 0 Å². The van der Waals surface area contributed by atoms with Crippen molar-refractivity contribution >= 4 is 12.3 Å². The Bertz CT molecular complexity index is 617. The molecule has 0 spiro atoms. The van der Waals surface area contributed by atoms with Gasteiger partial charge in [0.15, 0.2) is 5.41 Å². The van der Waals surface area contributed by atoms with Crippen molar-refractivity contribution in [3.8, 4) is 0 Å². The zero-order chi connectivity index (χ0) is 15.3. The first-order valence-corrected chi connectivity index (χ1v) is 6.78.